The van der Waals surface area contributed by atoms with Crippen LogP contribution >= 0.6 is 0 Å². The number of aryl methyl sites for hydroxylation is 2. The molecule has 0 bridgehead atoms. The summed E-state index contributed by atoms with van der Waals surface area (Å²) in [5.74, 6) is 3.82. The highest BCUT2D eigenvalue weighted by molar-refractivity contribution is 5.39. The second-order valence-electron chi connectivity index (χ2n) is 7.83. The van der Waals surface area contributed by atoms with Crippen molar-refractivity contribution in [3.63, 3.8) is 0 Å². The SMILES string of the molecule is Cc1nccc(OC[C@@H]2CN(Cc3cc(C)on3)[C@H]3c4ccccc4OC[C@@H]23)n1. The maximum absolute atomic E-state index is 6.10. The highest BCUT2D eigenvalue weighted by Gasteiger charge is 2.46. The molecular formula is C22H24N4O3. The van der Waals surface area contributed by atoms with Crippen LogP contribution in [-0.2, 0) is 6.54 Å². The van der Waals surface area contributed by atoms with E-state index < -0.39 is 0 Å². The Bertz CT molecular complexity index is 1000. The molecule has 1 aromatic carbocycles. The Morgan fingerprint density at radius 1 is 1.21 bits per heavy atom. The van der Waals surface area contributed by atoms with E-state index in [0.29, 0.717) is 36.8 Å². The fourth-order valence-electron chi connectivity index (χ4n) is 4.52. The van der Waals surface area contributed by atoms with E-state index in [0.717, 1.165) is 30.3 Å². The van der Waals surface area contributed by atoms with Crippen LogP contribution in [0.3, 0.4) is 0 Å². The topological polar surface area (TPSA) is 73.5 Å². The van der Waals surface area contributed by atoms with Gasteiger partial charge in [-0.25, -0.2) is 4.98 Å². The third-order valence-electron chi connectivity index (χ3n) is 5.78. The fourth-order valence-corrected chi connectivity index (χ4v) is 4.52. The van der Waals surface area contributed by atoms with Crippen molar-refractivity contribution in [2.75, 3.05) is 19.8 Å². The summed E-state index contributed by atoms with van der Waals surface area (Å²) in [6.07, 6.45) is 1.73. The van der Waals surface area contributed by atoms with Gasteiger partial charge in [-0.05, 0) is 19.9 Å². The monoisotopic (exact) mass is 392 g/mol. The number of para-hydroxylation sites is 1. The summed E-state index contributed by atoms with van der Waals surface area (Å²) in [5.41, 5.74) is 2.20. The predicted molar refractivity (Wildman–Crippen MR) is 106 cm³/mol. The molecule has 0 spiro atoms. The van der Waals surface area contributed by atoms with Crippen molar-refractivity contribution in [1.29, 1.82) is 0 Å². The second kappa shape index (κ2) is 7.48. The molecule has 0 aliphatic carbocycles. The zero-order valence-corrected chi connectivity index (χ0v) is 16.6. The van der Waals surface area contributed by atoms with E-state index in [9.17, 15) is 0 Å². The summed E-state index contributed by atoms with van der Waals surface area (Å²) in [4.78, 5) is 11.0. The molecule has 0 unspecified atom stereocenters. The summed E-state index contributed by atoms with van der Waals surface area (Å²) < 4.78 is 17.4. The van der Waals surface area contributed by atoms with Crippen molar-refractivity contribution in [1.82, 2.24) is 20.0 Å². The van der Waals surface area contributed by atoms with Crippen molar-refractivity contribution >= 4 is 0 Å². The lowest BCUT2D eigenvalue weighted by molar-refractivity contribution is 0.121. The quantitative estimate of drug-likeness (QED) is 0.659. The minimum absolute atomic E-state index is 0.276. The Balaban J connectivity index is 1.39. The standard InChI is InChI=1S/C22H24N4O3/c1-14-9-17(25-29-14)11-26-10-16(12-28-21-7-8-23-15(2)24-21)19-13-27-20-6-4-3-5-18(20)22(19)26/h3-9,16,19,22H,10-13H2,1-2H3/t16-,19-,22-/m0/s1. The van der Waals surface area contributed by atoms with Gasteiger partial charge in [0.05, 0.1) is 18.9 Å². The molecule has 4 heterocycles. The van der Waals surface area contributed by atoms with Gasteiger partial charge in [0, 0.05) is 54.9 Å². The average Bonchev–Trinajstić information content (AvgIpc) is 3.30. The van der Waals surface area contributed by atoms with Gasteiger partial charge in [0.25, 0.3) is 0 Å². The first-order valence-electron chi connectivity index (χ1n) is 9.98. The van der Waals surface area contributed by atoms with Crippen LogP contribution in [0, 0.1) is 25.7 Å². The zero-order chi connectivity index (χ0) is 19.8. The largest absolute Gasteiger partial charge is 0.493 e. The average molecular weight is 392 g/mol. The highest BCUT2D eigenvalue weighted by atomic mass is 16.5. The van der Waals surface area contributed by atoms with Crippen LogP contribution in [0.1, 0.15) is 28.9 Å². The highest BCUT2D eigenvalue weighted by Crippen LogP contribution is 2.47. The minimum atomic E-state index is 0.276. The van der Waals surface area contributed by atoms with Crippen molar-refractivity contribution in [3.05, 3.63) is 65.4 Å². The number of nitrogens with zero attached hydrogens (tertiary/aromatic N) is 4. The summed E-state index contributed by atoms with van der Waals surface area (Å²) in [6.45, 7) is 6.72. The van der Waals surface area contributed by atoms with Crippen molar-refractivity contribution in [2.45, 2.75) is 26.4 Å². The molecule has 0 N–H and O–H groups in total. The molecule has 0 saturated carbocycles. The number of likely N-dealkylation sites (tertiary alicyclic amines) is 1. The Hall–Kier alpha value is -2.93. The van der Waals surface area contributed by atoms with Gasteiger partial charge in [-0.1, -0.05) is 23.4 Å². The van der Waals surface area contributed by atoms with Gasteiger partial charge in [0.1, 0.15) is 17.3 Å². The van der Waals surface area contributed by atoms with Crippen LogP contribution in [0.2, 0.25) is 0 Å². The smallest absolute Gasteiger partial charge is 0.216 e. The molecule has 2 aliphatic rings. The molecule has 1 saturated heterocycles. The minimum Gasteiger partial charge on any atom is -0.493 e. The maximum atomic E-state index is 6.10. The van der Waals surface area contributed by atoms with Crippen LogP contribution in [0.5, 0.6) is 11.6 Å². The zero-order valence-electron chi connectivity index (χ0n) is 16.6. The van der Waals surface area contributed by atoms with Crippen LogP contribution < -0.4 is 9.47 Å². The Labute approximate surface area is 169 Å². The number of benzene rings is 1. The van der Waals surface area contributed by atoms with E-state index >= 15 is 0 Å². The van der Waals surface area contributed by atoms with Gasteiger partial charge < -0.3 is 14.0 Å². The first kappa shape index (κ1) is 18.1. The maximum Gasteiger partial charge on any atom is 0.216 e. The molecule has 0 radical (unpaired) electrons. The lowest BCUT2D eigenvalue weighted by Crippen LogP contribution is -2.32. The molecule has 1 fully saturated rings. The normalized spacial score (nSPS) is 23.3. The number of fused-ring (bicyclic) bond motifs is 3. The van der Waals surface area contributed by atoms with E-state index in [4.69, 9.17) is 14.0 Å². The summed E-state index contributed by atoms with van der Waals surface area (Å²) in [6, 6.07) is 12.4. The molecule has 7 heteroatoms. The molecule has 2 aromatic heterocycles. The first-order chi connectivity index (χ1) is 14.2. The van der Waals surface area contributed by atoms with Gasteiger partial charge in [0.15, 0.2) is 0 Å². The van der Waals surface area contributed by atoms with E-state index in [1.165, 1.54) is 5.56 Å². The lowest BCUT2D eigenvalue weighted by Gasteiger charge is -2.34. The summed E-state index contributed by atoms with van der Waals surface area (Å²) in [5, 5.41) is 4.21. The molecule has 5 rings (SSSR count). The Morgan fingerprint density at radius 2 is 2.10 bits per heavy atom. The molecule has 0 amide bonds. The molecule has 7 nitrogen and oxygen atoms in total. The molecule has 3 atom stereocenters. The van der Waals surface area contributed by atoms with E-state index in [1.54, 1.807) is 6.20 Å². The van der Waals surface area contributed by atoms with Gasteiger partial charge in [-0.15, -0.1) is 0 Å². The third-order valence-corrected chi connectivity index (χ3v) is 5.78. The molecule has 150 valence electrons. The predicted octanol–water partition coefficient (Wildman–Crippen LogP) is 3.34. The van der Waals surface area contributed by atoms with Crippen LogP contribution in [-0.4, -0.2) is 39.8 Å². The fraction of sp³-hybridized carbons (Fsp3) is 0.409. The third kappa shape index (κ3) is 3.58. The van der Waals surface area contributed by atoms with Gasteiger partial charge in [-0.2, -0.15) is 4.98 Å². The molecule has 29 heavy (non-hydrogen) atoms. The van der Waals surface area contributed by atoms with Gasteiger partial charge >= 0.3 is 0 Å². The van der Waals surface area contributed by atoms with E-state index in [-0.39, 0.29) is 6.04 Å². The Kier molecular flexibility index (Phi) is 4.67. The molecular weight excluding hydrogens is 368 g/mol. The van der Waals surface area contributed by atoms with Gasteiger partial charge in [0.2, 0.25) is 5.88 Å². The van der Waals surface area contributed by atoms with E-state index in [1.807, 2.05) is 32.0 Å². The van der Waals surface area contributed by atoms with Crippen molar-refractivity contribution in [3.8, 4) is 11.6 Å². The second-order valence-corrected chi connectivity index (χ2v) is 7.83. The molecule has 2 aliphatic heterocycles. The van der Waals surface area contributed by atoms with Crippen molar-refractivity contribution < 1.29 is 14.0 Å². The number of hydrogen-bond donors (Lipinski definition) is 0. The van der Waals surface area contributed by atoms with Crippen LogP contribution in [0.4, 0.5) is 0 Å². The number of hydrogen-bond acceptors (Lipinski definition) is 7. The number of ether oxygens (including phenoxy) is 2. The Morgan fingerprint density at radius 3 is 2.93 bits per heavy atom. The van der Waals surface area contributed by atoms with E-state index in [2.05, 4.69) is 38.2 Å². The molecule has 3 aromatic rings. The first-order valence-corrected chi connectivity index (χ1v) is 9.98. The summed E-state index contributed by atoms with van der Waals surface area (Å²) in [7, 11) is 0. The summed E-state index contributed by atoms with van der Waals surface area (Å²) >= 11 is 0. The van der Waals surface area contributed by atoms with Crippen molar-refractivity contribution in [2.24, 2.45) is 11.8 Å². The van der Waals surface area contributed by atoms with Crippen LogP contribution in [0.25, 0.3) is 0 Å². The van der Waals surface area contributed by atoms with Gasteiger partial charge in [-0.3, -0.25) is 4.90 Å². The number of rotatable bonds is 5. The lowest BCUT2D eigenvalue weighted by atomic mass is 9.85. The van der Waals surface area contributed by atoms with Crippen LogP contribution in [0.15, 0.2) is 47.1 Å². The number of aromatic nitrogens is 3.